The standard InChI is InChI=1S/C17H34O2.C6H14O3/c1-4-5-6-7-8-9-10-11-12-13-14-15-17(18)19-16(2)3;1-2-8-5-6-9-4-3-7/h16H,4-15H2,1-3H3;7H,2-6H2,1H3. The molecule has 0 amide bonds. The molecule has 1 N–H and O–H groups in total. The lowest BCUT2D eigenvalue weighted by molar-refractivity contribution is -0.147. The number of carbonyl (C=O) groups excluding carboxylic acids is 1. The Balaban J connectivity index is 0. The Kier molecular flexibility index (Phi) is 27.8. The molecule has 0 aromatic carbocycles. The topological polar surface area (TPSA) is 65.0 Å². The van der Waals surface area contributed by atoms with Crippen LogP contribution in [0.5, 0.6) is 0 Å². The average Bonchev–Trinajstić information content (AvgIpc) is 2.66. The van der Waals surface area contributed by atoms with E-state index >= 15 is 0 Å². The number of ether oxygens (including phenoxy) is 3. The first-order valence-electron chi connectivity index (χ1n) is 11.5. The highest BCUT2D eigenvalue weighted by atomic mass is 16.5. The number of hydrogen-bond acceptors (Lipinski definition) is 5. The first-order chi connectivity index (χ1) is 13.6. The van der Waals surface area contributed by atoms with Gasteiger partial charge >= 0.3 is 5.97 Å². The quantitative estimate of drug-likeness (QED) is 0.222. The molecule has 5 heteroatoms. The maximum Gasteiger partial charge on any atom is 0.306 e. The van der Waals surface area contributed by atoms with Gasteiger partial charge < -0.3 is 19.3 Å². The molecule has 0 fully saturated rings. The van der Waals surface area contributed by atoms with Crippen molar-refractivity contribution in [2.24, 2.45) is 0 Å². The Bertz CT molecular complexity index is 289. The minimum Gasteiger partial charge on any atom is -0.463 e. The summed E-state index contributed by atoms with van der Waals surface area (Å²) < 4.78 is 15.0. The van der Waals surface area contributed by atoms with Crippen LogP contribution in [-0.4, -0.2) is 50.2 Å². The summed E-state index contributed by atoms with van der Waals surface area (Å²) in [6.07, 6.45) is 15.1. The summed E-state index contributed by atoms with van der Waals surface area (Å²) in [5.74, 6) is -0.0362. The molecule has 0 radical (unpaired) electrons. The van der Waals surface area contributed by atoms with E-state index in [0.717, 1.165) is 13.0 Å². The van der Waals surface area contributed by atoms with Crippen molar-refractivity contribution in [1.29, 1.82) is 0 Å². The Morgan fingerprint density at radius 3 is 1.71 bits per heavy atom. The van der Waals surface area contributed by atoms with Gasteiger partial charge in [-0.1, -0.05) is 71.1 Å². The van der Waals surface area contributed by atoms with Gasteiger partial charge in [0.25, 0.3) is 0 Å². The van der Waals surface area contributed by atoms with Crippen LogP contribution < -0.4 is 0 Å². The normalized spacial score (nSPS) is 10.6. The van der Waals surface area contributed by atoms with Crippen molar-refractivity contribution in [1.82, 2.24) is 0 Å². The molecule has 0 saturated carbocycles. The molecule has 5 nitrogen and oxygen atoms in total. The summed E-state index contributed by atoms with van der Waals surface area (Å²) in [7, 11) is 0. The van der Waals surface area contributed by atoms with Gasteiger partial charge in [-0.25, -0.2) is 0 Å². The molecule has 0 atom stereocenters. The minimum atomic E-state index is -0.0362. The lowest BCUT2D eigenvalue weighted by Gasteiger charge is -2.07. The second-order valence-electron chi connectivity index (χ2n) is 7.36. The zero-order valence-electron chi connectivity index (χ0n) is 19.2. The zero-order valence-corrected chi connectivity index (χ0v) is 19.2. The van der Waals surface area contributed by atoms with Crippen LogP contribution in [-0.2, 0) is 19.0 Å². The number of rotatable bonds is 19. The molecular weight excluding hydrogens is 356 g/mol. The molecule has 0 aromatic rings. The van der Waals surface area contributed by atoms with E-state index in [4.69, 9.17) is 19.3 Å². The van der Waals surface area contributed by atoms with Gasteiger partial charge in [0.1, 0.15) is 0 Å². The third kappa shape index (κ3) is 30.1. The van der Waals surface area contributed by atoms with Gasteiger partial charge in [-0.3, -0.25) is 4.79 Å². The maximum absolute atomic E-state index is 11.3. The van der Waals surface area contributed by atoms with Crippen molar-refractivity contribution in [3.05, 3.63) is 0 Å². The van der Waals surface area contributed by atoms with Crippen LogP contribution in [0.1, 0.15) is 105 Å². The molecule has 28 heavy (non-hydrogen) atoms. The van der Waals surface area contributed by atoms with Crippen molar-refractivity contribution in [2.75, 3.05) is 33.0 Å². The zero-order chi connectivity index (χ0) is 21.3. The molecule has 0 aromatic heterocycles. The van der Waals surface area contributed by atoms with E-state index in [1.807, 2.05) is 20.8 Å². The largest absolute Gasteiger partial charge is 0.463 e. The minimum absolute atomic E-state index is 0.0280. The Labute approximate surface area is 174 Å². The Hall–Kier alpha value is -0.650. The molecule has 0 aliphatic heterocycles. The van der Waals surface area contributed by atoms with E-state index in [9.17, 15) is 4.79 Å². The van der Waals surface area contributed by atoms with Crippen LogP contribution in [0.2, 0.25) is 0 Å². The average molecular weight is 405 g/mol. The first-order valence-corrected chi connectivity index (χ1v) is 11.5. The predicted octanol–water partition coefficient (Wildman–Crippen LogP) is 5.67. The van der Waals surface area contributed by atoms with Crippen LogP contribution in [0, 0.1) is 0 Å². The lowest BCUT2D eigenvalue weighted by atomic mass is 10.1. The second kappa shape index (κ2) is 26.4. The summed E-state index contributed by atoms with van der Waals surface area (Å²) in [6, 6.07) is 0. The maximum atomic E-state index is 11.3. The van der Waals surface area contributed by atoms with Crippen molar-refractivity contribution in [3.8, 4) is 0 Å². The van der Waals surface area contributed by atoms with Crippen LogP contribution in [0.4, 0.5) is 0 Å². The molecule has 0 saturated heterocycles. The summed E-state index contributed by atoms with van der Waals surface area (Å²) in [5.41, 5.74) is 0. The summed E-state index contributed by atoms with van der Waals surface area (Å²) in [4.78, 5) is 11.3. The second-order valence-corrected chi connectivity index (χ2v) is 7.36. The summed E-state index contributed by atoms with van der Waals surface area (Å²) in [6.45, 7) is 10.4. The number of carbonyl (C=O) groups is 1. The smallest absolute Gasteiger partial charge is 0.306 e. The van der Waals surface area contributed by atoms with Crippen LogP contribution in [0.25, 0.3) is 0 Å². The van der Waals surface area contributed by atoms with E-state index in [1.54, 1.807) is 0 Å². The highest BCUT2D eigenvalue weighted by Crippen LogP contribution is 2.12. The van der Waals surface area contributed by atoms with E-state index < -0.39 is 0 Å². The highest BCUT2D eigenvalue weighted by molar-refractivity contribution is 5.69. The van der Waals surface area contributed by atoms with Gasteiger partial charge in [-0.15, -0.1) is 0 Å². The number of aliphatic hydroxyl groups excluding tert-OH is 1. The fourth-order valence-corrected chi connectivity index (χ4v) is 2.68. The third-order valence-corrected chi connectivity index (χ3v) is 4.16. The highest BCUT2D eigenvalue weighted by Gasteiger charge is 2.04. The molecule has 0 rings (SSSR count). The van der Waals surface area contributed by atoms with Crippen molar-refractivity contribution in [3.63, 3.8) is 0 Å². The fourth-order valence-electron chi connectivity index (χ4n) is 2.68. The molecule has 0 aliphatic carbocycles. The number of esters is 1. The SMILES string of the molecule is CCCCCCCCCCCCCC(=O)OC(C)C.CCOCCOCCO. The molecule has 0 bridgehead atoms. The van der Waals surface area contributed by atoms with Crippen molar-refractivity contribution >= 4 is 5.97 Å². The van der Waals surface area contributed by atoms with Crippen LogP contribution in [0.3, 0.4) is 0 Å². The fraction of sp³-hybridized carbons (Fsp3) is 0.957. The van der Waals surface area contributed by atoms with Gasteiger partial charge in [-0.05, 0) is 27.2 Å². The Morgan fingerprint density at radius 1 is 0.750 bits per heavy atom. The first kappa shape index (κ1) is 29.6. The van der Waals surface area contributed by atoms with Crippen LogP contribution >= 0.6 is 0 Å². The monoisotopic (exact) mass is 404 g/mol. The van der Waals surface area contributed by atoms with E-state index in [0.29, 0.717) is 26.2 Å². The Morgan fingerprint density at radius 2 is 1.25 bits per heavy atom. The van der Waals surface area contributed by atoms with E-state index in [-0.39, 0.29) is 18.7 Å². The molecule has 170 valence electrons. The van der Waals surface area contributed by atoms with E-state index in [2.05, 4.69) is 6.92 Å². The molecule has 0 heterocycles. The van der Waals surface area contributed by atoms with Crippen molar-refractivity contribution < 1.29 is 24.1 Å². The van der Waals surface area contributed by atoms with Gasteiger partial charge in [0.2, 0.25) is 0 Å². The number of aliphatic hydroxyl groups is 1. The molecule has 0 unspecified atom stereocenters. The van der Waals surface area contributed by atoms with Gasteiger partial charge in [0.05, 0.1) is 32.5 Å². The molecule has 0 aliphatic rings. The molecule has 0 spiro atoms. The van der Waals surface area contributed by atoms with Crippen LogP contribution in [0.15, 0.2) is 0 Å². The van der Waals surface area contributed by atoms with E-state index in [1.165, 1.54) is 64.2 Å². The van der Waals surface area contributed by atoms with Gasteiger partial charge in [-0.2, -0.15) is 0 Å². The third-order valence-electron chi connectivity index (χ3n) is 4.16. The summed E-state index contributed by atoms with van der Waals surface area (Å²) in [5, 5.41) is 8.26. The number of hydrogen-bond donors (Lipinski definition) is 1. The van der Waals surface area contributed by atoms with Gasteiger partial charge in [0.15, 0.2) is 0 Å². The van der Waals surface area contributed by atoms with Gasteiger partial charge in [0, 0.05) is 13.0 Å². The number of unbranched alkanes of at least 4 members (excludes halogenated alkanes) is 10. The molecular formula is C23H48O5. The van der Waals surface area contributed by atoms with Crippen molar-refractivity contribution in [2.45, 2.75) is 111 Å². The predicted molar refractivity (Wildman–Crippen MR) is 117 cm³/mol. The summed E-state index contributed by atoms with van der Waals surface area (Å²) >= 11 is 0. The lowest BCUT2D eigenvalue weighted by Crippen LogP contribution is -2.10.